The number of nitrogens with zero attached hydrogens (tertiary/aromatic N) is 1. The molecule has 0 fully saturated rings. The monoisotopic (exact) mass is 431 g/mol. The number of unbranched alkanes of at least 4 members (excludes halogenated alkanes) is 1. The standard InChI is InChI=1S/C19H18BrN3O2S/c1-2-3-10-25-17-9-6-14(20)11-16(17)18(24)23-19(26)22-15-7-4-13(12-21)5-8-15/h4-9,11H,2-3,10H2,1H3,(H2,22,23,24,26). The lowest BCUT2D eigenvalue weighted by atomic mass is 10.2. The molecule has 1 amide bonds. The van der Waals surface area contributed by atoms with Crippen molar-refractivity contribution >= 4 is 44.9 Å². The summed E-state index contributed by atoms with van der Waals surface area (Å²) in [4.78, 5) is 12.6. The molecule has 0 radical (unpaired) electrons. The third-order valence-electron chi connectivity index (χ3n) is 3.44. The van der Waals surface area contributed by atoms with E-state index in [0.29, 0.717) is 29.2 Å². The normalized spacial score (nSPS) is 9.88. The number of rotatable bonds is 6. The topological polar surface area (TPSA) is 74.2 Å². The maximum atomic E-state index is 12.6. The Morgan fingerprint density at radius 2 is 2.00 bits per heavy atom. The van der Waals surface area contributed by atoms with Gasteiger partial charge in [0.2, 0.25) is 0 Å². The van der Waals surface area contributed by atoms with E-state index in [0.717, 1.165) is 17.3 Å². The number of carbonyl (C=O) groups excluding carboxylic acids is 1. The summed E-state index contributed by atoms with van der Waals surface area (Å²) >= 11 is 8.56. The van der Waals surface area contributed by atoms with Crippen LogP contribution in [0, 0.1) is 11.3 Å². The molecule has 0 spiro atoms. The fraction of sp³-hybridized carbons (Fsp3) is 0.211. The second-order valence-corrected chi connectivity index (χ2v) is 6.76. The first-order chi connectivity index (χ1) is 12.5. The van der Waals surface area contributed by atoms with E-state index in [1.54, 1.807) is 36.4 Å². The van der Waals surface area contributed by atoms with Crippen LogP contribution >= 0.6 is 28.1 Å². The largest absolute Gasteiger partial charge is 0.493 e. The molecule has 2 N–H and O–H groups in total. The molecule has 2 aromatic carbocycles. The van der Waals surface area contributed by atoms with Gasteiger partial charge in [0.05, 0.1) is 23.8 Å². The highest BCUT2D eigenvalue weighted by molar-refractivity contribution is 9.10. The van der Waals surface area contributed by atoms with Gasteiger partial charge < -0.3 is 10.1 Å². The number of nitriles is 1. The Bertz CT molecular complexity index is 832. The van der Waals surface area contributed by atoms with E-state index in [1.807, 2.05) is 12.1 Å². The lowest BCUT2D eigenvalue weighted by Crippen LogP contribution is -2.34. The van der Waals surface area contributed by atoms with Crippen molar-refractivity contribution < 1.29 is 9.53 Å². The Balaban J connectivity index is 2.04. The molecular weight excluding hydrogens is 414 g/mol. The molecule has 5 nitrogen and oxygen atoms in total. The minimum Gasteiger partial charge on any atom is -0.493 e. The molecule has 0 aliphatic carbocycles. The predicted octanol–water partition coefficient (Wildman–Crippen LogP) is 4.63. The lowest BCUT2D eigenvalue weighted by molar-refractivity contribution is 0.0973. The number of ether oxygens (including phenoxy) is 1. The minimum absolute atomic E-state index is 0.166. The van der Waals surface area contributed by atoms with Gasteiger partial charge in [0.15, 0.2) is 5.11 Å². The van der Waals surface area contributed by atoms with E-state index in [1.165, 1.54) is 0 Å². The van der Waals surface area contributed by atoms with Gasteiger partial charge >= 0.3 is 0 Å². The fourth-order valence-electron chi connectivity index (χ4n) is 2.09. The molecule has 2 rings (SSSR count). The fourth-order valence-corrected chi connectivity index (χ4v) is 2.66. The SMILES string of the molecule is CCCCOc1ccc(Br)cc1C(=O)NC(=S)Nc1ccc(C#N)cc1. The van der Waals surface area contributed by atoms with Crippen molar-refractivity contribution in [1.82, 2.24) is 5.32 Å². The maximum Gasteiger partial charge on any atom is 0.261 e. The Labute approximate surface area is 166 Å². The molecule has 0 saturated heterocycles. The summed E-state index contributed by atoms with van der Waals surface area (Å²) in [5, 5.41) is 14.5. The number of thiocarbonyl (C=S) groups is 1. The Kier molecular flexibility index (Phi) is 7.57. The first-order valence-electron chi connectivity index (χ1n) is 8.08. The zero-order chi connectivity index (χ0) is 18.9. The van der Waals surface area contributed by atoms with Crippen molar-refractivity contribution in [3.63, 3.8) is 0 Å². The van der Waals surface area contributed by atoms with Crippen LogP contribution in [-0.4, -0.2) is 17.6 Å². The summed E-state index contributed by atoms with van der Waals surface area (Å²) in [6, 6.07) is 14.1. The van der Waals surface area contributed by atoms with Crippen LogP contribution in [0.15, 0.2) is 46.9 Å². The highest BCUT2D eigenvalue weighted by Crippen LogP contribution is 2.23. The first kappa shape index (κ1) is 19.9. The predicted molar refractivity (Wildman–Crippen MR) is 109 cm³/mol. The summed E-state index contributed by atoms with van der Waals surface area (Å²) in [6.45, 7) is 2.62. The summed E-state index contributed by atoms with van der Waals surface area (Å²) < 4.78 is 6.48. The van der Waals surface area contributed by atoms with Crippen LogP contribution in [0.25, 0.3) is 0 Å². The minimum atomic E-state index is -0.357. The molecule has 0 heterocycles. The lowest BCUT2D eigenvalue weighted by Gasteiger charge is -2.13. The highest BCUT2D eigenvalue weighted by Gasteiger charge is 2.15. The van der Waals surface area contributed by atoms with Gasteiger partial charge in [-0.15, -0.1) is 0 Å². The molecule has 0 atom stereocenters. The van der Waals surface area contributed by atoms with Crippen LogP contribution in [0.4, 0.5) is 5.69 Å². The van der Waals surface area contributed by atoms with Crippen LogP contribution in [0.1, 0.15) is 35.7 Å². The number of benzene rings is 2. The molecule has 134 valence electrons. The van der Waals surface area contributed by atoms with Crippen LogP contribution in [0.2, 0.25) is 0 Å². The van der Waals surface area contributed by atoms with E-state index in [9.17, 15) is 4.79 Å². The summed E-state index contributed by atoms with van der Waals surface area (Å²) in [7, 11) is 0. The van der Waals surface area contributed by atoms with Crippen molar-refractivity contribution in [2.45, 2.75) is 19.8 Å². The Hall–Kier alpha value is -2.43. The molecule has 2 aromatic rings. The van der Waals surface area contributed by atoms with Gasteiger partial charge in [0.25, 0.3) is 5.91 Å². The third kappa shape index (κ3) is 5.83. The van der Waals surface area contributed by atoms with Gasteiger partial charge in [-0.25, -0.2) is 0 Å². The van der Waals surface area contributed by atoms with E-state index in [2.05, 4.69) is 33.5 Å². The van der Waals surface area contributed by atoms with E-state index in [4.69, 9.17) is 22.2 Å². The smallest absolute Gasteiger partial charge is 0.261 e. The van der Waals surface area contributed by atoms with Crippen LogP contribution in [0.3, 0.4) is 0 Å². The quantitative estimate of drug-likeness (QED) is 0.515. The van der Waals surface area contributed by atoms with E-state index >= 15 is 0 Å². The number of halogens is 1. The molecule has 26 heavy (non-hydrogen) atoms. The van der Waals surface area contributed by atoms with Crippen LogP contribution < -0.4 is 15.4 Å². The number of hydrogen-bond acceptors (Lipinski definition) is 4. The van der Waals surface area contributed by atoms with E-state index < -0.39 is 0 Å². The molecule has 0 saturated carbocycles. The summed E-state index contributed by atoms with van der Waals surface area (Å²) in [6.07, 6.45) is 1.92. The van der Waals surface area contributed by atoms with E-state index in [-0.39, 0.29) is 11.0 Å². The van der Waals surface area contributed by atoms with Crippen molar-refractivity contribution in [3.05, 3.63) is 58.1 Å². The summed E-state index contributed by atoms with van der Waals surface area (Å²) in [5.74, 6) is 0.157. The molecule has 0 bridgehead atoms. The molecule has 0 aromatic heterocycles. The maximum absolute atomic E-state index is 12.6. The van der Waals surface area contributed by atoms with Crippen LogP contribution in [0.5, 0.6) is 5.75 Å². The number of anilines is 1. The second-order valence-electron chi connectivity index (χ2n) is 5.44. The Morgan fingerprint density at radius 1 is 1.27 bits per heavy atom. The average Bonchev–Trinajstić information content (AvgIpc) is 2.63. The number of nitrogens with one attached hydrogen (secondary N) is 2. The van der Waals surface area contributed by atoms with Gasteiger partial charge in [-0.05, 0) is 61.1 Å². The number of hydrogen-bond donors (Lipinski definition) is 2. The van der Waals surface area contributed by atoms with Crippen molar-refractivity contribution in [3.8, 4) is 11.8 Å². The Morgan fingerprint density at radius 3 is 2.65 bits per heavy atom. The zero-order valence-electron chi connectivity index (χ0n) is 14.2. The van der Waals surface area contributed by atoms with Gasteiger partial charge in [0.1, 0.15) is 5.75 Å². The van der Waals surface area contributed by atoms with Crippen molar-refractivity contribution in [2.24, 2.45) is 0 Å². The average molecular weight is 432 g/mol. The number of amides is 1. The van der Waals surface area contributed by atoms with Gasteiger partial charge in [-0.2, -0.15) is 5.26 Å². The van der Waals surface area contributed by atoms with Gasteiger partial charge in [-0.3, -0.25) is 10.1 Å². The van der Waals surface area contributed by atoms with Crippen molar-refractivity contribution in [1.29, 1.82) is 5.26 Å². The molecular formula is C19H18BrN3O2S. The summed E-state index contributed by atoms with van der Waals surface area (Å²) in [5.41, 5.74) is 1.64. The second kappa shape index (κ2) is 9.90. The molecule has 7 heteroatoms. The highest BCUT2D eigenvalue weighted by atomic mass is 79.9. The number of carbonyl (C=O) groups is 1. The molecule has 0 unspecified atom stereocenters. The van der Waals surface area contributed by atoms with Gasteiger partial charge in [0, 0.05) is 10.2 Å². The van der Waals surface area contributed by atoms with Gasteiger partial charge in [-0.1, -0.05) is 29.3 Å². The van der Waals surface area contributed by atoms with Crippen LogP contribution in [-0.2, 0) is 0 Å². The first-order valence-corrected chi connectivity index (χ1v) is 9.28. The molecule has 0 aliphatic rings. The zero-order valence-corrected chi connectivity index (χ0v) is 16.6. The third-order valence-corrected chi connectivity index (χ3v) is 4.14. The molecule has 0 aliphatic heterocycles. The van der Waals surface area contributed by atoms with Crippen molar-refractivity contribution in [2.75, 3.05) is 11.9 Å².